The van der Waals surface area contributed by atoms with Crippen LogP contribution >= 0.6 is 12.4 Å². The first-order valence-electron chi connectivity index (χ1n) is 6.42. The zero-order chi connectivity index (χ0) is 14.0. The molecule has 1 amide bonds. The van der Waals surface area contributed by atoms with E-state index < -0.39 is 5.82 Å². The van der Waals surface area contributed by atoms with Gasteiger partial charge >= 0.3 is 0 Å². The second-order valence-corrected chi connectivity index (χ2v) is 4.96. The van der Waals surface area contributed by atoms with E-state index in [1.54, 1.807) is 11.0 Å². The Morgan fingerprint density at radius 2 is 2.25 bits per heavy atom. The number of amides is 1. The molecule has 0 bridgehead atoms. The molecule has 1 heterocycles. The number of ether oxygens (including phenoxy) is 1. The summed E-state index contributed by atoms with van der Waals surface area (Å²) in [6, 6.07) is 4.47. The van der Waals surface area contributed by atoms with E-state index in [9.17, 15) is 9.18 Å². The van der Waals surface area contributed by atoms with E-state index in [1.165, 1.54) is 19.2 Å². The van der Waals surface area contributed by atoms with Crippen LogP contribution < -0.4 is 10.5 Å². The molecule has 0 radical (unpaired) electrons. The van der Waals surface area contributed by atoms with Gasteiger partial charge < -0.3 is 15.4 Å². The van der Waals surface area contributed by atoms with Gasteiger partial charge in [0.15, 0.2) is 0 Å². The Kier molecular flexibility index (Phi) is 5.77. The molecule has 2 atom stereocenters. The number of carbonyl (C=O) groups is 1. The molecule has 6 heteroatoms. The molecule has 2 N–H and O–H groups in total. The van der Waals surface area contributed by atoms with Gasteiger partial charge in [-0.1, -0.05) is 6.07 Å². The summed E-state index contributed by atoms with van der Waals surface area (Å²) < 4.78 is 19.0. The molecule has 1 fully saturated rings. The van der Waals surface area contributed by atoms with Crippen molar-refractivity contribution in [3.05, 3.63) is 29.6 Å². The van der Waals surface area contributed by atoms with Gasteiger partial charge in [0.25, 0.3) is 5.91 Å². The molecule has 0 saturated carbocycles. The van der Waals surface area contributed by atoms with Gasteiger partial charge in [0.05, 0.1) is 7.11 Å². The Morgan fingerprint density at radius 3 is 2.80 bits per heavy atom. The molecule has 0 aromatic heterocycles. The SMILES string of the molecule is COc1cccc(F)c1C(=O)N1CC(CN)CC1C.Cl. The van der Waals surface area contributed by atoms with E-state index in [-0.39, 0.29) is 41.6 Å². The molecule has 1 aromatic carbocycles. The van der Waals surface area contributed by atoms with Crippen LogP contribution in [0.4, 0.5) is 4.39 Å². The average molecular weight is 303 g/mol. The molecule has 2 rings (SSSR count). The largest absolute Gasteiger partial charge is 0.496 e. The van der Waals surface area contributed by atoms with Crippen molar-refractivity contribution in [3.8, 4) is 5.75 Å². The van der Waals surface area contributed by atoms with E-state index in [1.807, 2.05) is 6.92 Å². The maximum Gasteiger partial charge on any atom is 0.260 e. The van der Waals surface area contributed by atoms with Crippen LogP contribution in [0, 0.1) is 11.7 Å². The summed E-state index contributed by atoms with van der Waals surface area (Å²) in [4.78, 5) is 14.2. The first kappa shape index (κ1) is 16.7. The van der Waals surface area contributed by atoms with Crippen LogP contribution in [0.5, 0.6) is 5.75 Å². The van der Waals surface area contributed by atoms with Crippen molar-refractivity contribution in [2.45, 2.75) is 19.4 Å². The lowest BCUT2D eigenvalue weighted by Crippen LogP contribution is -2.35. The summed E-state index contributed by atoms with van der Waals surface area (Å²) in [5.74, 6) is -0.309. The summed E-state index contributed by atoms with van der Waals surface area (Å²) in [6.07, 6.45) is 0.860. The molecule has 112 valence electrons. The van der Waals surface area contributed by atoms with Gasteiger partial charge in [-0.3, -0.25) is 4.79 Å². The predicted molar refractivity (Wildman–Crippen MR) is 77.9 cm³/mol. The third-order valence-electron chi connectivity index (χ3n) is 3.66. The minimum Gasteiger partial charge on any atom is -0.496 e. The van der Waals surface area contributed by atoms with Crippen molar-refractivity contribution in [1.29, 1.82) is 0 Å². The molecule has 1 saturated heterocycles. The minimum absolute atomic E-state index is 0. The van der Waals surface area contributed by atoms with E-state index in [4.69, 9.17) is 10.5 Å². The monoisotopic (exact) mass is 302 g/mol. The predicted octanol–water partition coefficient (Wildman–Crippen LogP) is 2.07. The standard InChI is InChI=1S/C14H19FN2O2.ClH/c1-9-6-10(7-16)8-17(9)14(18)13-11(15)4-3-5-12(13)19-2;/h3-5,9-10H,6-8,16H2,1-2H3;1H. The first-order chi connectivity index (χ1) is 9.08. The molecule has 20 heavy (non-hydrogen) atoms. The fourth-order valence-electron chi connectivity index (χ4n) is 2.62. The maximum atomic E-state index is 13.9. The molecule has 4 nitrogen and oxygen atoms in total. The summed E-state index contributed by atoms with van der Waals surface area (Å²) >= 11 is 0. The Hall–Kier alpha value is -1.33. The van der Waals surface area contributed by atoms with Gasteiger partial charge in [-0.05, 0) is 37.9 Å². The smallest absolute Gasteiger partial charge is 0.260 e. The summed E-state index contributed by atoms with van der Waals surface area (Å²) in [6.45, 7) is 3.08. The van der Waals surface area contributed by atoms with Crippen molar-refractivity contribution in [1.82, 2.24) is 4.90 Å². The van der Waals surface area contributed by atoms with Crippen molar-refractivity contribution in [3.63, 3.8) is 0 Å². The molecule has 1 aliphatic heterocycles. The second kappa shape index (κ2) is 6.90. The van der Waals surface area contributed by atoms with Crippen LogP contribution in [0.15, 0.2) is 18.2 Å². The number of carbonyl (C=O) groups excluding carboxylic acids is 1. The van der Waals surface area contributed by atoms with Gasteiger partial charge in [-0.15, -0.1) is 12.4 Å². The van der Waals surface area contributed by atoms with Crippen LogP contribution in [0.1, 0.15) is 23.7 Å². The number of nitrogens with zero attached hydrogens (tertiary/aromatic N) is 1. The minimum atomic E-state index is -0.548. The third-order valence-corrected chi connectivity index (χ3v) is 3.66. The van der Waals surface area contributed by atoms with Gasteiger partial charge in [0.1, 0.15) is 17.1 Å². The van der Waals surface area contributed by atoms with E-state index in [2.05, 4.69) is 0 Å². The normalized spacial score (nSPS) is 21.5. The number of nitrogens with two attached hydrogens (primary N) is 1. The highest BCUT2D eigenvalue weighted by Gasteiger charge is 2.34. The summed E-state index contributed by atoms with van der Waals surface area (Å²) in [5.41, 5.74) is 5.66. The Labute approximate surface area is 124 Å². The Morgan fingerprint density at radius 1 is 1.55 bits per heavy atom. The molecule has 0 aliphatic carbocycles. The fraction of sp³-hybridized carbons (Fsp3) is 0.500. The number of hydrogen-bond donors (Lipinski definition) is 1. The molecular weight excluding hydrogens is 283 g/mol. The van der Waals surface area contributed by atoms with Gasteiger partial charge in [0, 0.05) is 12.6 Å². The van der Waals surface area contributed by atoms with Crippen molar-refractivity contribution >= 4 is 18.3 Å². The lowest BCUT2D eigenvalue weighted by atomic mass is 10.1. The fourth-order valence-corrected chi connectivity index (χ4v) is 2.62. The number of halogens is 2. The molecule has 2 unspecified atom stereocenters. The number of methoxy groups -OCH3 is 1. The van der Waals surface area contributed by atoms with Gasteiger partial charge in [-0.2, -0.15) is 0 Å². The zero-order valence-corrected chi connectivity index (χ0v) is 12.5. The van der Waals surface area contributed by atoms with Crippen LogP contribution in [0.2, 0.25) is 0 Å². The van der Waals surface area contributed by atoms with E-state index in [0.717, 1.165) is 6.42 Å². The highest BCUT2D eigenvalue weighted by atomic mass is 35.5. The first-order valence-corrected chi connectivity index (χ1v) is 6.42. The van der Waals surface area contributed by atoms with Gasteiger partial charge in [0.2, 0.25) is 0 Å². The number of rotatable bonds is 3. The second-order valence-electron chi connectivity index (χ2n) is 4.96. The van der Waals surface area contributed by atoms with Crippen LogP contribution in [-0.2, 0) is 0 Å². The van der Waals surface area contributed by atoms with Gasteiger partial charge in [-0.25, -0.2) is 4.39 Å². The molecular formula is C14H20ClFN2O2. The Balaban J connectivity index is 0.00000200. The number of hydrogen-bond acceptors (Lipinski definition) is 3. The van der Waals surface area contributed by atoms with Crippen molar-refractivity contribution in [2.75, 3.05) is 20.2 Å². The van der Waals surface area contributed by atoms with Crippen LogP contribution in [0.25, 0.3) is 0 Å². The van der Waals surface area contributed by atoms with Crippen LogP contribution in [0.3, 0.4) is 0 Å². The topological polar surface area (TPSA) is 55.6 Å². The molecule has 1 aromatic rings. The summed E-state index contributed by atoms with van der Waals surface area (Å²) in [5, 5.41) is 0. The molecule has 0 spiro atoms. The third kappa shape index (κ3) is 3.04. The van der Waals surface area contributed by atoms with Crippen molar-refractivity contribution in [2.24, 2.45) is 11.7 Å². The lowest BCUT2D eigenvalue weighted by molar-refractivity contribution is 0.0735. The van der Waals surface area contributed by atoms with E-state index >= 15 is 0 Å². The maximum absolute atomic E-state index is 13.9. The van der Waals surface area contributed by atoms with Crippen molar-refractivity contribution < 1.29 is 13.9 Å². The van der Waals surface area contributed by atoms with E-state index in [0.29, 0.717) is 13.1 Å². The average Bonchev–Trinajstić information content (AvgIpc) is 2.79. The summed E-state index contributed by atoms with van der Waals surface area (Å²) in [7, 11) is 1.43. The van der Waals surface area contributed by atoms with Crippen LogP contribution in [-0.4, -0.2) is 37.0 Å². The highest BCUT2D eigenvalue weighted by Crippen LogP contribution is 2.28. The Bertz CT molecular complexity index is 484. The molecule has 1 aliphatic rings. The number of benzene rings is 1. The zero-order valence-electron chi connectivity index (χ0n) is 11.6. The number of likely N-dealkylation sites (tertiary alicyclic amines) is 1. The lowest BCUT2D eigenvalue weighted by Gasteiger charge is -2.22. The quantitative estimate of drug-likeness (QED) is 0.930. The highest BCUT2D eigenvalue weighted by molar-refractivity contribution is 5.97.